The summed E-state index contributed by atoms with van der Waals surface area (Å²) in [7, 11) is 0. The zero-order valence-electron chi connectivity index (χ0n) is 11.8. The van der Waals surface area contributed by atoms with Gasteiger partial charge in [-0.25, -0.2) is 0 Å². The van der Waals surface area contributed by atoms with Crippen molar-refractivity contribution in [2.75, 3.05) is 0 Å². The van der Waals surface area contributed by atoms with Crippen LogP contribution in [-0.4, -0.2) is 4.98 Å². The largest absolute Gasteiger partial charge is 0.257 e. The lowest BCUT2D eigenvalue weighted by atomic mass is 9.82. The standard InChI is InChI=1S/C18H21N/c1-13(2)17-8-5-9-18(19-17)16-11-10-14-6-3-4-7-15(14)12-16/h3-9,13,16H,10-12H2,1-2H3. The lowest BCUT2D eigenvalue weighted by molar-refractivity contribution is 0.567. The van der Waals surface area contributed by atoms with Crippen molar-refractivity contribution in [2.24, 2.45) is 0 Å². The Kier molecular flexibility index (Phi) is 3.37. The van der Waals surface area contributed by atoms with E-state index in [1.54, 1.807) is 0 Å². The summed E-state index contributed by atoms with van der Waals surface area (Å²) >= 11 is 0. The smallest absolute Gasteiger partial charge is 0.0441 e. The van der Waals surface area contributed by atoms with E-state index in [1.165, 1.54) is 35.4 Å². The molecule has 1 heteroatoms. The Morgan fingerprint density at radius 3 is 2.58 bits per heavy atom. The van der Waals surface area contributed by atoms with Gasteiger partial charge in [0.15, 0.2) is 0 Å². The van der Waals surface area contributed by atoms with E-state index in [2.05, 4.69) is 56.3 Å². The SMILES string of the molecule is CC(C)c1cccc(C2CCc3ccccc3C2)n1. The zero-order chi connectivity index (χ0) is 13.2. The lowest BCUT2D eigenvalue weighted by Crippen LogP contribution is -2.14. The van der Waals surface area contributed by atoms with Crippen molar-refractivity contribution < 1.29 is 0 Å². The van der Waals surface area contributed by atoms with Crippen LogP contribution in [0.25, 0.3) is 0 Å². The Hall–Kier alpha value is -1.63. The quantitative estimate of drug-likeness (QED) is 0.767. The third-order valence-corrected chi connectivity index (χ3v) is 4.15. The average molecular weight is 251 g/mol. The summed E-state index contributed by atoms with van der Waals surface area (Å²) in [4.78, 5) is 4.87. The van der Waals surface area contributed by atoms with Crippen LogP contribution in [0.15, 0.2) is 42.5 Å². The predicted molar refractivity (Wildman–Crippen MR) is 79.5 cm³/mol. The van der Waals surface area contributed by atoms with Gasteiger partial charge in [0, 0.05) is 17.3 Å². The lowest BCUT2D eigenvalue weighted by Gasteiger charge is -2.24. The molecule has 0 bridgehead atoms. The number of aromatic nitrogens is 1. The second kappa shape index (κ2) is 5.16. The molecular formula is C18H21N. The van der Waals surface area contributed by atoms with Crippen LogP contribution in [-0.2, 0) is 12.8 Å². The van der Waals surface area contributed by atoms with E-state index in [9.17, 15) is 0 Å². The molecule has 0 fully saturated rings. The Labute approximate surface area is 115 Å². The molecule has 0 amide bonds. The second-order valence-electron chi connectivity index (χ2n) is 5.85. The van der Waals surface area contributed by atoms with E-state index in [-0.39, 0.29) is 0 Å². The van der Waals surface area contributed by atoms with E-state index in [4.69, 9.17) is 4.98 Å². The van der Waals surface area contributed by atoms with Gasteiger partial charge in [0.05, 0.1) is 0 Å². The van der Waals surface area contributed by atoms with Crippen LogP contribution >= 0.6 is 0 Å². The van der Waals surface area contributed by atoms with E-state index < -0.39 is 0 Å². The van der Waals surface area contributed by atoms with Crippen molar-refractivity contribution in [1.82, 2.24) is 4.98 Å². The monoisotopic (exact) mass is 251 g/mol. The summed E-state index contributed by atoms with van der Waals surface area (Å²) in [5.74, 6) is 1.10. The van der Waals surface area contributed by atoms with Crippen LogP contribution in [0.4, 0.5) is 0 Å². The number of pyridine rings is 1. The highest BCUT2D eigenvalue weighted by Crippen LogP contribution is 2.32. The summed E-state index contributed by atoms with van der Waals surface area (Å²) in [5, 5.41) is 0. The minimum Gasteiger partial charge on any atom is -0.257 e. The van der Waals surface area contributed by atoms with Gasteiger partial charge in [-0.2, -0.15) is 0 Å². The van der Waals surface area contributed by atoms with Gasteiger partial charge in [0.1, 0.15) is 0 Å². The van der Waals surface area contributed by atoms with Crippen LogP contribution in [0.3, 0.4) is 0 Å². The minimum absolute atomic E-state index is 0.510. The molecule has 1 heterocycles. The fourth-order valence-electron chi connectivity index (χ4n) is 2.97. The van der Waals surface area contributed by atoms with Crippen molar-refractivity contribution in [3.63, 3.8) is 0 Å². The van der Waals surface area contributed by atoms with Gasteiger partial charge < -0.3 is 0 Å². The maximum absolute atomic E-state index is 4.87. The van der Waals surface area contributed by atoms with E-state index in [0.717, 1.165) is 6.42 Å². The molecule has 0 spiro atoms. The number of hydrogen-bond acceptors (Lipinski definition) is 1. The Bertz CT molecular complexity index is 571. The molecule has 3 rings (SSSR count). The molecular weight excluding hydrogens is 230 g/mol. The molecule has 0 radical (unpaired) electrons. The van der Waals surface area contributed by atoms with Crippen molar-refractivity contribution in [2.45, 2.75) is 44.9 Å². The van der Waals surface area contributed by atoms with Gasteiger partial charge in [0.2, 0.25) is 0 Å². The molecule has 1 nitrogen and oxygen atoms in total. The van der Waals surface area contributed by atoms with E-state index >= 15 is 0 Å². The van der Waals surface area contributed by atoms with Crippen LogP contribution in [0.5, 0.6) is 0 Å². The molecule has 0 saturated carbocycles. The molecule has 19 heavy (non-hydrogen) atoms. The number of aryl methyl sites for hydroxylation is 1. The molecule has 0 aliphatic heterocycles. The Morgan fingerprint density at radius 1 is 1.00 bits per heavy atom. The first-order valence-corrected chi connectivity index (χ1v) is 7.27. The van der Waals surface area contributed by atoms with Gasteiger partial charge in [-0.05, 0) is 48.4 Å². The van der Waals surface area contributed by atoms with E-state index in [1.807, 2.05) is 0 Å². The van der Waals surface area contributed by atoms with Crippen LogP contribution < -0.4 is 0 Å². The molecule has 1 aliphatic carbocycles. The fraction of sp³-hybridized carbons (Fsp3) is 0.389. The minimum atomic E-state index is 0.510. The highest BCUT2D eigenvalue weighted by Gasteiger charge is 2.21. The zero-order valence-corrected chi connectivity index (χ0v) is 11.8. The van der Waals surface area contributed by atoms with Gasteiger partial charge in [0.25, 0.3) is 0 Å². The van der Waals surface area contributed by atoms with Crippen LogP contribution in [0.2, 0.25) is 0 Å². The molecule has 98 valence electrons. The molecule has 1 aliphatic rings. The maximum Gasteiger partial charge on any atom is 0.0441 e. The average Bonchev–Trinajstić information content (AvgIpc) is 2.47. The Morgan fingerprint density at radius 2 is 1.79 bits per heavy atom. The van der Waals surface area contributed by atoms with Crippen LogP contribution in [0.1, 0.15) is 54.6 Å². The van der Waals surface area contributed by atoms with Gasteiger partial charge in [-0.15, -0.1) is 0 Å². The first kappa shape index (κ1) is 12.4. The summed E-state index contributed by atoms with van der Waals surface area (Å²) in [6, 6.07) is 15.3. The highest BCUT2D eigenvalue weighted by atomic mass is 14.7. The van der Waals surface area contributed by atoms with E-state index in [0.29, 0.717) is 11.8 Å². The summed E-state index contributed by atoms with van der Waals surface area (Å²) in [6.45, 7) is 4.42. The number of fused-ring (bicyclic) bond motifs is 1. The highest BCUT2D eigenvalue weighted by molar-refractivity contribution is 5.32. The van der Waals surface area contributed by atoms with Crippen molar-refractivity contribution in [3.05, 3.63) is 65.0 Å². The third kappa shape index (κ3) is 2.56. The Balaban J connectivity index is 1.87. The fourth-order valence-corrected chi connectivity index (χ4v) is 2.97. The molecule has 1 aromatic heterocycles. The summed E-state index contributed by atoms with van der Waals surface area (Å²) in [6.07, 6.45) is 3.56. The topological polar surface area (TPSA) is 12.9 Å². The third-order valence-electron chi connectivity index (χ3n) is 4.15. The van der Waals surface area contributed by atoms with Crippen LogP contribution in [0, 0.1) is 0 Å². The van der Waals surface area contributed by atoms with Gasteiger partial charge >= 0.3 is 0 Å². The maximum atomic E-state index is 4.87. The number of rotatable bonds is 2. The summed E-state index contributed by atoms with van der Waals surface area (Å²) in [5.41, 5.74) is 5.53. The molecule has 0 N–H and O–H groups in total. The molecule has 2 aromatic rings. The van der Waals surface area contributed by atoms with Crippen molar-refractivity contribution >= 4 is 0 Å². The first-order chi connectivity index (χ1) is 9.24. The predicted octanol–water partition coefficient (Wildman–Crippen LogP) is 4.48. The van der Waals surface area contributed by atoms with Crippen molar-refractivity contribution in [3.8, 4) is 0 Å². The number of hydrogen-bond donors (Lipinski definition) is 0. The van der Waals surface area contributed by atoms with Crippen molar-refractivity contribution in [1.29, 1.82) is 0 Å². The number of nitrogens with zero attached hydrogens (tertiary/aromatic N) is 1. The number of benzene rings is 1. The molecule has 1 unspecified atom stereocenters. The second-order valence-corrected chi connectivity index (χ2v) is 5.85. The first-order valence-electron chi connectivity index (χ1n) is 7.27. The normalized spacial score (nSPS) is 18.4. The van der Waals surface area contributed by atoms with Gasteiger partial charge in [-0.1, -0.05) is 44.2 Å². The molecule has 1 aromatic carbocycles. The molecule has 0 saturated heterocycles. The summed E-state index contributed by atoms with van der Waals surface area (Å²) < 4.78 is 0. The van der Waals surface area contributed by atoms with Gasteiger partial charge in [-0.3, -0.25) is 4.98 Å². The molecule has 1 atom stereocenters.